The zero-order valence-electron chi connectivity index (χ0n) is 13.4. The molecule has 1 atom stereocenters. The van der Waals surface area contributed by atoms with Gasteiger partial charge in [-0.15, -0.1) is 0 Å². The molecule has 7 heteroatoms. The number of hydrogen-bond donors (Lipinski definition) is 1. The molecular formula is C16H23N3O3S. The number of nitrogens with zero attached hydrogens (tertiary/aromatic N) is 2. The molecule has 1 amide bonds. The molecule has 2 aliphatic heterocycles. The topological polar surface area (TPSA) is 83.7 Å². The van der Waals surface area contributed by atoms with Crippen LogP contribution in [0, 0.1) is 5.92 Å². The lowest BCUT2D eigenvalue weighted by atomic mass is 10.0. The summed E-state index contributed by atoms with van der Waals surface area (Å²) in [7, 11) is -3.70. The maximum atomic E-state index is 12.6. The molecule has 2 aliphatic rings. The first-order valence-electron chi connectivity index (χ1n) is 8.03. The van der Waals surface area contributed by atoms with E-state index < -0.39 is 10.0 Å². The zero-order chi connectivity index (χ0) is 16.6. The van der Waals surface area contributed by atoms with Crippen molar-refractivity contribution in [1.29, 1.82) is 0 Å². The van der Waals surface area contributed by atoms with Crippen LogP contribution in [-0.4, -0.2) is 45.4 Å². The van der Waals surface area contributed by atoms with Crippen molar-refractivity contribution in [3.63, 3.8) is 0 Å². The van der Waals surface area contributed by atoms with E-state index in [-0.39, 0.29) is 10.8 Å². The molecule has 6 nitrogen and oxygen atoms in total. The third-order valence-corrected chi connectivity index (χ3v) is 5.59. The van der Waals surface area contributed by atoms with E-state index in [1.165, 1.54) is 12.5 Å². The fraction of sp³-hybridized carbons (Fsp3) is 0.562. The van der Waals surface area contributed by atoms with Crippen LogP contribution in [0.15, 0.2) is 23.1 Å². The van der Waals surface area contributed by atoms with Gasteiger partial charge in [0.1, 0.15) is 0 Å². The van der Waals surface area contributed by atoms with Crippen LogP contribution >= 0.6 is 0 Å². The van der Waals surface area contributed by atoms with Crippen LogP contribution < -0.4 is 10.0 Å². The Morgan fingerprint density at radius 3 is 2.83 bits per heavy atom. The highest BCUT2D eigenvalue weighted by Crippen LogP contribution is 2.30. The van der Waals surface area contributed by atoms with Crippen LogP contribution in [-0.2, 0) is 21.2 Å². The van der Waals surface area contributed by atoms with Crippen molar-refractivity contribution in [1.82, 2.24) is 4.90 Å². The molecule has 0 spiro atoms. The molecule has 0 aliphatic carbocycles. The van der Waals surface area contributed by atoms with Crippen molar-refractivity contribution in [2.45, 2.75) is 31.1 Å². The van der Waals surface area contributed by atoms with Crippen LogP contribution in [0.2, 0.25) is 0 Å². The first-order chi connectivity index (χ1) is 10.8. The summed E-state index contributed by atoms with van der Waals surface area (Å²) in [5.41, 5.74) is 1.68. The van der Waals surface area contributed by atoms with Gasteiger partial charge in [0.05, 0.1) is 11.4 Å². The minimum atomic E-state index is -3.70. The van der Waals surface area contributed by atoms with E-state index in [4.69, 9.17) is 5.14 Å². The predicted molar refractivity (Wildman–Crippen MR) is 88.7 cm³/mol. The van der Waals surface area contributed by atoms with Crippen molar-refractivity contribution in [2.75, 3.05) is 31.1 Å². The predicted octanol–water partition coefficient (Wildman–Crippen LogP) is 0.955. The number of carbonyl (C=O) groups is 1. The SMILES string of the molecule is C[C@H]1CCCN(CC(=O)N2CCc3cc(S(N)(=O)=O)ccc32)C1. The summed E-state index contributed by atoms with van der Waals surface area (Å²) in [6, 6.07) is 4.75. The number of hydrogen-bond acceptors (Lipinski definition) is 4. The molecule has 1 aromatic rings. The number of benzene rings is 1. The maximum Gasteiger partial charge on any atom is 0.241 e. The normalized spacial score (nSPS) is 22.2. The Labute approximate surface area is 137 Å². The minimum absolute atomic E-state index is 0.0844. The van der Waals surface area contributed by atoms with E-state index in [1.807, 2.05) is 0 Å². The molecule has 0 saturated carbocycles. The van der Waals surface area contributed by atoms with Crippen molar-refractivity contribution >= 4 is 21.6 Å². The second-order valence-electron chi connectivity index (χ2n) is 6.61. The van der Waals surface area contributed by atoms with Gasteiger partial charge in [-0.3, -0.25) is 9.69 Å². The number of sulfonamides is 1. The van der Waals surface area contributed by atoms with Crippen LogP contribution in [0.4, 0.5) is 5.69 Å². The second kappa shape index (κ2) is 6.22. The van der Waals surface area contributed by atoms with Crippen molar-refractivity contribution in [3.05, 3.63) is 23.8 Å². The molecule has 1 saturated heterocycles. The summed E-state index contributed by atoms with van der Waals surface area (Å²) in [4.78, 5) is 16.7. The third kappa shape index (κ3) is 3.57. The van der Waals surface area contributed by atoms with Crippen LogP contribution in [0.5, 0.6) is 0 Å². The Bertz CT molecular complexity index is 717. The average Bonchev–Trinajstić information content (AvgIpc) is 2.89. The van der Waals surface area contributed by atoms with Gasteiger partial charge in [-0.25, -0.2) is 13.6 Å². The Morgan fingerprint density at radius 2 is 2.13 bits per heavy atom. The quantitative estimate of drug-likeness (QED) is 0.890. The average molecular weight is 337 g/mol. The number of primary sulfonamides is 1. The molecule has 2 heterocycles. The van der Waals surface area contributed by atoms with Crippen molar-refractivity contribution in [3.8, 4) is 0 Å². The standard InChI is InChI=1S/C16H23N3O3S/c1-12-3-2-7-18(10-12)11-16(20)19-8-6-13-9-14(23(17,21)22)4-5-15(13)19/h4-5,9,12H,2-3,6-8,10-11H2,1H3,(H2,17,21,22)/t12-/m0/s1. The Morgan fingerprint density at radius 1 is 1.35 bits per heavy atom. The Kier molecular flexibility index (Phi) is 4.44. The molecule has 3 rings (SSSR count). The van der Waals surface area contributed by atoms with Gasteiger partial charge in [-0.2, -0.15) is 0 Å². The van der Waals surface area contributed by atoms with Crippen LogP contribution in [0.3, 0.4) is 0 Å². The van der Waals surface area contributed by atoms with Gasteiger partial charge in [-0.05, 0) is 55.5 Å². The highest BCUT2D eigenvalue weighted by Gasteiger charge is 2.28. The fourth-order valence-electron chi connectivity index (χ4n) is 3.52. The largest absolute Gasteiger partial charge is 0.311 e. The van der Waals surface area contributed by atoms with Gasteiger partial charge in [0.25, 0.3) is 0 Å². The molecule has 126 valence electrons. The lowest BCUT2D eigenvalue weighted by Crippen LogP contribution is -2.43. The number of anilines is 1. The molecule has 2 N–H and O–H groups in total. The summed E-state index contributed by atoms with van der Waals surface area (Å²) < 4.78 is 22.9. The van der Waals surface area contributed by atoms with Gasteiger partial charge in [0.15, 0.2) is 0 Å². The zero-order valence-corrected chi connectivity index (χ0v) is 14.2. The first kappa shape index (κ1) is 16.4. The van der Waals surface area contributed by atoms with Crippen molar-refractivity contribution in [2.24, 2.45) is 11.1 Å². The summed E-state index contributed by atoms with van der Waals surface area (Å²) in [6.07, 6.45) is 3.04. The highest BCUT2D eigenvalue weighted by atomic mass is 32.2. The van der Waals surface area contributed by atoms with Gasteiger partial charge < -0.3 is 4.90 Å². The van der Waals surface area contributed by atoms with E-state index in [2.05, 4.69) is 11.8 Å². The summed E-state index contributed by atoms with van der Waals surface area (Å²) in [5.74, 6) is 0.723. The molecule has 0 unspecified atom stereocenters. The molecule has 23 heavy (non-hydrogen) atoms. The summed E-state index contributed by atoms with van der Waals surface area (Å²) in [6.45, 7) is 5.20. The molecule has 0 radical (unpaired) electrons. The van der Waals surface area contributed by atoms with Crippen LogP contribution in [0.25, 0.3) is 0 Å². The Balaban J connectivity index is 1.73. The fourth-order valence-corrected chi connectivity index (χ4v) is 4.09. The molecule has 0 bridgehead atoms. The number of nitrogens with two attached hydrogens (primary N) is 1. The Hall–Kier alpha value is -1.44. The van der Waals surface area contributed by atoms with E-state index >= 15 is 0 Å². The smallest absolute Gasteiger partial charge is 0.241 e. The van der Waals surface area contributed by atoms with Gasteiger partial charge in [0, 0.05) is 18.8 Å². The van der Waals surface area contributed by atoms with E-state index in [9.17, 15) is 13.2 Å². The summed E-state index contributed by atoms with van der Waals surface area (Å²) in [5, 5.41) is 5.17. The van der Waals surface area contributed by atoms with Gasteiger partial charge in [0.2, 0.25) is 15.9 Å². The molecule has 0 aromatic heterocycles. The number of piperidine rings is 1. The maximum absolute atomic E-state index is 12.6. The monoisotopic (exact) mass is 337 g/mol. The third-order valence-electron chi connectivity index (χ3n) is 4.68. The first-order valence-corrected chi connectivity index (χ1v) is 9.57. The number of carbonyl (C=O) groups excluding carboxylic acids is 1. The number of rotatable bonds is 3. The van der Waals surface area contributed by atoms with Gasteiger partial charge >= 0.3 is 0 Å². The number of likely N-dealkylation sites (tertiary alicyclic amines) is 1. The highest BCUT2D eigenvalue weighted by molar-refractivity contribution is 7.89. The van der Waals surface area contributed by atoms with Crippen LogP contribution in [0.1, 0.15) is 25.3 Å². The number of fused-ring (bicyclic) bond motifs is 1. The second-order valence-corrected chi connectivity index (χ2v) is 8.17. The number of amides is 1. The van der Waals surface area contributed by atoms with E-state index in [0.29, 0.717) is 25.4 Å². The van der Waals surface area contributed by atoms with Gasteiger partial charge in [-0.1, -0.05) is 6.92 Å². The molecular weight excluding hydrogens is 314 g/mol. The molecule has 1 aromatic carbocycles. The molecule has 1 fully saturated rings. The van der Waals surface area contributed by atoms with E-state index in [0.717, 1.165) is 30.8 Å². The lowest BCUT2D eigenvalue weighted by molar-refractivity contribution is -0.120. The minimum Gasteiger partial charge on any atom is -0.311 e. The summed E-state index contributed by atoms with van der Waals surface area (Å²) >= 11 is 0. The lowest BCUT2D eigenvalue weighted by Gasteiger charge is -2.31. The van der Waals surface area contributed by atoms with E-state index in [1.54, 1.807) is 17.0 Å². The van der Waals surface area contributed by atoms with Crippen molar-refractivity contribution < 1.29 is 13.2 Å².